The highest BCUT2D eigenvalue weighted by molar-refractivity contribution is 6.10. The molecule has 0 radical (unpaired) electrons. The Kier molecular flexibility index (Phi) is 12.1. The Morgan fingerprint density at radius 3 is 1.64 bits per heavy atom. The van der Waals surface area contributed by atoms with Gasteiger partial charge in [-0.05, 0) is 151 Å². The highest BCUT2D eigenvalue weighted by Crippen LogP contribution is 2.51. The topological polar surface area (TPSA) is 17.4 Å². The van der Waals surface area contributed by atoms with Crippen molar-refractivity contribution in [1.29, 1.82) is 0 Å². The number of ether oxygens (including phenoxy) is 1. The minimum absolute atomic E-state index is 0.105. The van der Waals surface area contributed by atoms with Gasteiger partial charge in [0, 0.05) is 38.9 Å². The molecule has 1 atom stereocenters. The molecular formula is C69H66N2O. The third-order valence-electron chi connectivity index (χ3n) is 15.2. The summed E-state index contributed by atoms with van der Waals surface area (Å²) in [5, 5.41) is 2.48. The summed E-state index contributed by atoms with van der Waals surface area (Å²) in [6.07, 6.45) is 1.16. The van der Waals surface area contributed by atoms with Gasteiger partial charge in [-0.2, -0.15) is 0 Å². The summed E-state index contributed by atoms with van der Waals surface area (Å²) in [5.74, 6) is 0.503. The Bertz CT molecular complexity index is 3530. The number of benzene rings is 9. The molecule has 0 saturated carbocycles. The van der Waals surface area contributed by atoms with Gasteiger partial charge in [-0.3, -0.25) is 0 Å². The molecule has 0 amide bonds. The van der Waals surface area contributed by atoms with Crippen LogP contribution >= 0.6 is 0 Å². The normalized spacial score (nSPS) is 13.6. The Morgan fingerprint density at radius 2 is 0.986 bits per heavy atom. The van der Waals surface area contributed by atoms with Crippen molar-refractivity contribution in [3.8, 4) is 39.1 Å². The Morgan fingerprint density at radius 1 is 0.458 bits per heavy atom. The van der Waals surface area contributed by atoms with Crippen LogP contribution in [0, 0.1) is 10.8 Å². The van der Waals surface area contributed by atoms with Crippen LogP contribution in [0.1, 0.15) is 95.5 Å². The van der Waals surface area contributed by atoms with E-state index in [0.717, 1.165) is 34.7 Å². The highest BCUT2D eigenvalue weighted by atomic mass is 16.5. The summed E-state index contributed by atoms with van der Waals surface area (Å²) < 4.78 is 8.68. The largest absolute Gasteiger partial charge is 0.372 e. The lowest BCUT2D eigenvalue weighted by atomic mass is 9.69. The zero-order valence-corrected chi connectivity index (χ0v) is 43.2. The zero-order chi connectivity index (χ0) is 49.8. The molecule has 0 aliphatic heterocycles. The molecule has 1 aromatic heterocycles. The van der Waals surface area contributed by atoms with Gasteiger partial charge in [0.2, 0.25) is 0 Å². The first-order chi connectivity index (χ1) is 34.7. The van der Waals surface area contributed by atoms with Crippen molar-refractivity contribution in [2.24, 2.45) is 10.8 Å². The molecule has 72 heavy (non-hydrogen) atoms. The Hall–Kier alpha value is -7.46. The predicted molar refractivity (Wildman–Crippen MR) is 305 cm³/mol. The van der Waals surface area contributed by atoms with E-state index in [2.05, 4.69) is 277 Å². The standard InChI is InChI=1S/C69H66N2O/c1-67(2,3)44-64(68(4,5)6)52-26-22-47(23-27-52)45-72-46-48-24-33-56(34-25-48)71-65-21-15-13-19-60(65)61-42-53(32-41-66(61)71)51-30-37-55(38-31-51)70(54-35-28-50(29-36-54)49-16-10-9-11-17-49)57-39-40-59-58-18-12-14-20-62(58)69(7,8)63(59)43-57/h9-43,64H,44-46H2,1-8H3. The maximum atomic E-state index is 6.29. The Balaban J connectivity index is 0.851. The van der Waals surface area contributed by atoms with Crippen LogP contribution in [-0.2, 0) is 23.4 Å². The monoisotopic (exact) mass is 939 g/mol. The first-order valence-corrected chi connectivity index (χ1v) is 25.8. The molecule has 1 unspecified atom stereocenters. The van der Waals surface area contributed by atoms with E-state index < -0.39 is 0 Å². The molecule has 0 bridgehead atoms. The van der Waals surface area contributed by atoms with Gasteiger partial charge in [0.05, 0.1) is 24.2 Å². The van der Waals surface area contributed by atoms with Crippen molar-refractivity contribution in [2.45, 2.75) is 86.4 Å². The quantitative estimate of drug-likeness (QED) is 0.121. The van der Waals surface area contributed by atoms with E-state index in [1.54, 1.807) is 0 Å². The van der Waals surface area contributed by atoms with Crippen molar-refractivity contribution in [2.75, 3.05) is 4.90 Å². The predicted octanol–water partition coefficient (Wildman–Crippen LogP) is 19.2. The third-order valence-corrected chi connectivity index (χ3v) is 15.2. The van der Waals surface area contributed by atoms with Gasteiger partial charge in [0.15, 0.2) is 0 Å². The van der Waals surface area contributed by atoms with Crippen LogP contribution in [-0.4, -0.2) is 4.57 Å². The van der Waals surface area contributed by atoms with Gasteiger partial charge in [-0.15, -0.1) is 0 Å². The van der Waals surface area contributed by atoms with E-state index in [9.17, 15) is 0 Å². The molecule has 3 nitrogen and oxygen atoms in total. The van der Waals surface area contributed by atoms with Crippen LogP contribution in [0.3, 0.4) is 0 Å². The smallest absolute Gasteiger partial charge is 0.0721 e. The van der Waals surface area contributed by atoms with Gasteiger partial charge in [0.25, 0.3) is 0 Å². The summed E-state index contributed by atoms with van der Waals surface area (Å²) in [4.78, 5) is 2.40. The van der Waals surface area contributed by atoms with Crippen LogP contribution in [0.2, 0.25) is 0 Å². The summed E-state index contributed by atoms with van der Waals surface area (Å²) in [7, 11) is 0. The molecule has 1 heterocycles. The SMILES string of the molecule is CC(C)(C)CC(c1ccc(COCc2ccc(-n3c4ccccc4c4cc(-c5ccc(N(c6ccc(-c7ccccc7)cc6)c6ccc7c(c6)C(C)(C)c6ccccc6-7)cc5)ccc43)cc2)cc1)C(C)(C)C. The summed E-state index contributed by atoms with van der Waals surface area (Å²) in [6, 6.07) is 78.3. The first kappa shape index (κ1) is 46.9. The molecule has 0 spiro atoms. The van der Waals surface area contributed by atoms with Gasteiger partial charge in [0.1, 0.15) is 0 Å². The number of nitrogens with zero attached hydrogens (tertiary/aromatic N) is 2. The minimum Gasteiger partial charge on any atom is -0.372 e. The molecular weight excluding hydrogens is 873 g/mol. The highest BCUT2D eigenvalue weighted by Gasteiger charge is 2.36. The molecule has 11 rings (SSSR count). The zero-order valence-electron chi connectivity index (χ0n) is 43.2. The van der Waals surface area contributed by atoms with Gasteiger partial charge >= 0.3 is 0 Å². The summed E-state index contributed by atoms with van der Waals surface area (Å²) >= 11 is 0. The number of hydrogen-bond donors (Lipinski definition) is 0. The summed E-state index contributed by atoms with van der Waals surface area (Å²) in [5.41, 5.74) is 21.2. The fourth-order valence-corrected chi connectivity index (χ4v) is 11.4. The fourth-order valence-electron chi connectivity index (χ4n) is 11.4. The minimum atomic E-state index is -0.105. The molecule has 10 aromatic rings. The molecule has 1 aliphatic rings. The molecule has 0 N–H and O–H groups in total. The van der Waals surface area contributed by atoms with E-state index in [4.69, 9.17) is 4.74 Å². The van der Waals surface area contributed by atoms with Crippen LogP contribution < -0.4 is 4.90 Å². The fraction of sp³-hybridized carbons (Fsp3) is 0.217. The number of hydrogen-bond acceptors (Lipinski definition) is 2. The average molecular weight is 939 g/mol. The second kappa shape index (κ2) is 18.6. The van der Waals surface area contributed by atoms with E-state index in [0.29, 0.717) is 19.1 Å². The number of anilines is 3. The number of rotatable bonds is 12. The maximum Gasteiger partial charge on any atom is 0.0721 e. The van der Waals surface area contributed by atoms with Gasteiger partial charge in [-0.25, -0.2) is 0 Å². The van der Waals surface area contributed by atoms with Crippen LogP contribution in [0.4, 0.5) is 17.1 Å². The van der Waals surface area contributed by atoms with Crippen LogP contribution in [0.25, 0.3) is 60.9 Å². The van der Waals surface area contributed by atoms with Crippen molar-refractivity contribution in [3.63, 3.8) is 0 Å². The van der Waals surface area contributed by atoms with Gasteiger partial charge in [-0.1, -0.05) is 201 Å². The molecule has 9 aromatic carbocycles. The second-order valence-corrected chi connectivity index (χ2v) is 22.9. The number of para-hydroxylation sites is 1. The molecule has 1 aliphatic carbocycles. The first-order valence-electron chi connectivity index (χ1n) is 25.8. The average Bonchev–Trinajstić information content (AvgIpc) is 3.84. The molecule has 0 fully saturated rings. The lowest BCUT2D eigenvalue weighted by molar-refractivity contribution is 0.107. The van der Waals surface area contributed by atoms with E-state index >= 15 is 0 Å². The summed E-state index contributed by atoms with van der Waals surface area (Å²) in [6.45, 7) is 20.0. The molecule has 3 heteroatoms. The van der Waals surface area contributed by atoms with Crippen molar-refractivity contribution in [1.82, 2.24) is 4.57 Å². The van der Waals surface area contributed by atoms with E-state index in [-0.39, 0.29) is 16.2 Å². The second-order valence-electron chi connectivity index (χ2n) is 22.9. The van der Waals surface area contributed by atoms with Gasteiger partial charge < -0.3 is 14.2 Å². The van der Waals surface area contributed by atoms with Crippen molar-refractivity contribution >= 4 is 38.9 Å². The lowest BCUT2D eigenvalue weighted by Crippen LogP contribution is -2.23. The van der Waals surface area contributed by atoms with E-state index in [1.165, 1.54) is 77.4 Å². The van der Waals surface area contributed by atoms with Crippen molar-refractivity contribution < 1.29 is 4.74 Å². The molecule has 0 saturated heterocycles. The third kappa shape index (κ3) is 9.08. The maximum absolute atomic E-state index is 6.29. The Labute approximate surface area is 427 Å². The van der Waals surface area contributed by atoms with E-state index in [1.807, 2.05) is 0 Å². The van der Waals surface area contributed by atoms with Crippen molar-refractivity contribution in [3.05, 3.63) is 240 Å². The van der Waals surface area contributed by atoms with Crippen LogP contribution in [0.5, 0.6) is 0 Å². The lowest BCUT2D eigenvalue weighted by Gasteiger charge is -2.36. The molecule has 358 valence electrons. The number of aromatic nitrogens is 1. The number of fused-ring (bicyclic) bond motifs is 6. The van der Waals surface area contributed by atoms with Crippen LogP contribution in [0.15, 0.2) is 212 Å².